The predicted octanol–water partition coefficient (Wildman–Crippen LogP) is 4.76. The van der Waals surface area contributed by atoms with E-state index >= 15 is 0 Å². The Kier molecular flexibility index (Phi) is 7.00. The number of methoxy groups -OCH3 is 1. The zero-order chi connectivity index (χ0) is 24.1. The summed E-state index contributed by atoms with van der Waals surface area (Å²) in [4.78, 5) is 13.0. The van der Waals surface area contributed by atoms with Crippen molar-refractivity contribution >= 4 is 38.2 Å². The maximum absolute atomic E-state index is 13.3. The first-order valence-electron chi connectivity index (χ1n) is 11.0. The van der Waals surface area contributed by atoms with E-state index in [1.54, 1.807) is 50.4 Å². The molecule has 0 saturated heterocycles. The first kappa shape index (κ1) is 23.5. The third-order valence-electron chi connectivity index (χ3n) is 5.58. The fourth-order valence-electron chi connectivity index (χ4n) is 3.88. The van der Waals surface area contributed by atoms with E-state index in [1.807, 2.05) is 36.5 Å². The van der Waals surface area contributed by atoms with E-state index in [0.29, 0.717) is 18.0 Å². The summed E-state index contributed by atoms with van der Waals surface area (Å²) in [6, 6.07) is 22.7. The molecule has 0 spiro atoms. The predicted molar refractivity (Wildman–Crippen MR) is 135 cm³/mol. The van der Waals surface area contributed by atoms with E-state index in [4.69, 9.17) is 4.74 Å². The number of ether oxygens (including phenoxy) is 1. The zero-order valence-electron chi connectivity index (χ0n) is 19.1. The number of nitrogens with one attached hydrogen (secondary N) is 1. The molecule has 1 amide bonds. The third-order valence-corrected chi connectivity index (χ3v) is 7.48. The molecule has 0 aliphatic rings. The van der Waals surface area contributed by atoms with Crippen LogP contribution < -0.4 is 9.62 Å². The molecule has 0 aliphatic heterocycles. The van der Waals surface area contributed by atoms with Crippen molar-refractivity contribution in [2.75, 3.05) is 29.9 Å². The van der Waals surface area contributed by atoms with Gasteiger partial charge in [-0.3, -0.25) is 9.10 Å². The first-order chi connectivity index (χ1) is 16.4. The van der Waals surface area contributed by atoms with Gasteiger partial charge in [-0.25, -0.2) is 8.42 Å². The molecule has 34 heavy (non-hydrogen) atoms. The molecule has 4 aromatic rings. The van der Waals surface area contributed by atoms with Crippen LogP contribution in [0, 0.1) is 0 Å². The number of carbonyl (C=O) groups excluding carboxylic acids is 1. The topological polar surface area (TPSA) is 80.6 Å². The van der Waals surface area contributed by atoms with Gasteiger partial charge in [0.05, 0.1) is 17.2 Å². The van der Waals surface area contributed by atoms with E-state index in [0.717, 1.165) is 17.4 Å². The molecule has 176 valence electrons. The summed E-state index contributed by atoms with van der Waals surface area (Å²) in [5.41, 5.74) is 2.52. The van der Waals surface area contributed by atoms with Crippen LogP contribution in [0.2, 0.25) is 0 Å². The van der Waals surface area contributed by atoms with E-state index in [2.05, 4.69) is 9.88 Å². The Labute approximate surface area is 199 Å². The van der Waals surface area contributed by atoms with E-state index in [9.17, 15) is 13.2 Å². The van der Waals surface area contributed by atoms with Crippen LogP contribution in [-0.2, 0) is 21.3 Å². The van der Waals surface area contributed by atoms with Gasteiger partial charge in [0.25, 0.3) is 15.9 Å². The van der Waals surface area contributed by atoms with Gasteiger partial charge in [0.2, 0.25) is 0 Å². The number of hydrogen-bond acceptors (Lipinski definition) is 4. The lowest BCUT2D eigenvalue weighted by molar-refractivity contribution is 0.102. The van der Waals surface area contributed by atoms with Crippen LogP contribution in [-0.4, -0.2) is 39.2 Å². The lowest BCUT2D eigenvalue weighted by atomic mass is 10.2. The number of para-hydroxylation sites is 1. The third kappa shape index (κ3) is 4.83. The molecule has 0 atom stereocenters. The quantitative estimate of drug-likeness (QED) is 0.377. The number of anilines is 2. The lowest BCUT2D eigenvalue weighted by Gasteiger charge is -2.23. The van der Waals surface area contributed by atoms with Gasteiger partial charge in [0.15, 0.2) is 0 Å². The van der Waals surface area contributed by atoms with Gasteiger partial charge < -0.3 is 14.6 Å². The smallest absolute Gasteiger partial charge is 0.264 e. The molecule has 0 radical (unpaired) electrons. The number of hydrogen-bond donors (Lipinski definition) is 1. The van der Waals surface area contributed by atoms with Crippen molar-refractivity contribution in [3.63, 3.8) is 0 Å². The molecule has 7 nitrogen and oxygen atoms in total. The summed E-state index contributed by atoms with van der Waals surface area (Å²) in [7, 11) is -2.16. The van der Waals surface area contributed by atoms with Crippen molar-refractivity contribution in [3.05, 3.63) is 90.6 Å². The van der Waals surface area contributed by atoms with Gasteiger partial charge in [-0.2, -0.15) is 0 Å². The molecule has 1 heterocycles. The van der Waals surface area contributed by atoms with Crippen molar-refractivity contribution in [3.8, 4) is 0 Å². The summed E-state index contributed by atoms with van der Waals surface area (Å²) < 4.78 is 35.2. The van der Waals surface area contributed by atoms with Crippen LogP contribution in [0.15, 0.2) is 90.0 Å². The zero-order valence-corrected chi connectivity index (χ0v) is 20.0. The van der Waals surface area contributed by atoms with E-state index < -0.39 is 10.0 Å². The number of amides is 1. The Balaban J connectivity index is 1.56. The Morgan fingerprint density at radius 1 is 1.00 bits per heavy atom. The molecular weight excluding hydrogens is 450 g/mol. The number of aromatic nitrogens is 1. The van der Waals surface area contributed by atoms with Crippen molar-refractivity contribution < 1.29 is 17.9 Å². The number of sulfonamides is 1. The van der Waals surface area contributed by atoms with Crippen molar-refractivity contribution in [1.29, 1.82) is 0 Å². The summed E-state index contributed by atoms with van der Waals surface area (Å²) in [6.45, 7) is 3.40. The standard InChI is InChI=1S/C26H27N3O4S/c1-3-29(23-9-5-4-6-10-23)34(31,32)24-11-7-8-21(19-24)26(30)27-22-12-13-25-20(18-22)14-15-28(25)16-17-33-2/h4-15,18-19H,3,16-17H2,1-2H3,(H,27,30). The second-order valence-corrected chi connectivity index (χ2v) is 9.63. The minimum Gasteiger partial charge on any atom is -0.383 e. The highest BCUT2D eigenvalue weighted by Gasteiger charge is 2.24. The average Bonchev–Trinajstić information content (AvgIpc) is 3.26. The highest BCUT2D eigenvalue weighted by Crippen LogP contribution is 2.25. The Bertz CT molecular complexity index is 1400. The maximum atomic E-state index is 13.3. The summed E-state index contributed by atoms with van der Waals surface area (Å²) in [5.74, 6) is -0.377. The Morgan fingerprint density at radius 2 is 1.79 bits per heavy atom. The molecular formula is C26H27N3O4S. The average molecular weight is 478 g/mol. The van der Waals surface area contributed by atoms with E-state index in [-0.39, 0.29) is 22.9 Å². The molecule has 0 bridgehead atoms. The Morgan fingerprint density at radius 3 is 2.53 bits per heavy atom. The summed E-state index contributed by atoms with van der Waals surface area (Å²) in [5, 5.41) is 3.87. The van der Waals surface area contributed by atoms with Crippen molar-refractivity contribution in [1.82, 2.24) is 4.57 Å². The van der Waals surface area contributed by atoms with Crippen LogP contribution >= 0.6 is 0 Å². The minimum absolute atomic E-state index is 0.0662. The van der Waals surface area contributed by atoms with Crippen LogP contribution in [0.3, 0.4) is 0 Å². The summed E-state index contributed by atoms with van der Waals surface area (Å²) in [6.07, 6.45) is 1.98. The number of rotatable bonds is 9. The van der Waals surface area contributed by atoms with Gasteiger partial charge in [-0.1, -0.05) is 24.3 Å². The van der Waals surface area contributed by atoms with Crippen LogP contribution in [0.5, 0.6) is 0 Å². The van der Waals surface area contributed by atoms with E-state index in [1.165, 1.54) is 16.4 Å². The highest BCUT2D eigenvalue weighted by molar-refractivity contribution is 7.92. The minimum atomic E-state index is -3.83. The van der Waals surface area contributed by atoms with Crippen LogP contribution in [0.4, 0.5) is 11.4 Å². The number of nitrogens with zero attached hydrogens (tertiary/aromatic N) is 2. The second-order valence-electron chi connectivity index (χ2n) is 7.76. The second kappa shape index (κ2) is 10.1. The molecule has 0 unspecified atom stereocenters. The maximum Gasteiger partial charge on any atom is 0.264 e. The van der Waals surface area contributed by atoms with Crippen LogP contribution in [0.1, 0.15) is 17.3 Å². The van der Waals surface area contributed by atoms with Gasteiger partial charge in [-0.05, 0) is 61.5 Å². The monoisotopic (exact) mass is 477 g/mol. The fourth-order valence-corrected chi connectivity index (χ4v) is 5.40. The molecule has 3 aromatic carbocycles. The number of carbonyl (C=O) groups is 1. The molecule has 4 rings (SSSR count). The largest absolute Gasteiger partial charge is 0.383 e. The van der Waals surface area contributed by atoms with Crippen molar-refractivity contribution in [2.24, 2.45) is 0 Å². The summed E-state index contributed by atoms with van der Waals surface area (Å²) >= 11 is 0. The fraction of sp³-hybridized carbons (Fsp3) is 0.192. The molecule has 0 aliphatic carbocycles. The number of benzene rings is 3. The highest BCUT2D eigenvalue weighted by atomic mass is 32.2. The molecule has 8 heteroatoms. The van der Waals surface area contributed by atoms with Crippen LogP contribution in [0.25, 0.3) is 10.9 Å². The number of fused-ring (bicyclic) bond motifs is 1. The molecule has 0 fully saturated rings. The first-order valence-corrected chi connectivity index (χ1v) is 12.4. The van der Waals surface area contributed by atoms with Gasteiger partial charge in [0.1, 0.15) is 0 Å². The SMILES string of the molecule is CCN(c1ccccc1)S(=O)(=O)c1cccc(C(=O)Nc2ccc3c(ccn3CCOC)c2)c1. The van der Waals surface area contributed by atoms with Gasteiger partial charge in [-0.15, -0.1) is 0 Å². The molecule has 1 N–H and O–H groups in total. The normalized spacial score (nSPS) is 11.5. The molecule has 0 saturated carbocycles. The van der Waals surface area contributed by atoms with Gasteiger partial charge >= 0.3 is 0 Å². The van der Waals surface area contributed by atoms with Gasteiger partial charge in [0, 0.05) is 48.5 Å². The molecule has 1 aromatic heterocycles. The lowest BCUT2D eigenvalue weighted by Crippen LogP contribution is -2.30. The Hall–Kier alpha value is -3.62. The van der Waals surface area contributed by atoms with Crippen molar-refractivity contribution in [2.45, 2.75) is 18.4 Å².